The zero-order valence-corrected chi connectivity index (χ0v) is 9.77. The minimum Gasteiger partial charge on any atom is -0.487 e. The Bertz CT molecular complexity index is 379. The Balaban J connectivity index is 2.10. The maximum atomic E-state index is 13.0. The normalized spacial score (nSPS) is 17.9. The lowest BCUT2D eigenvalue weighted by Gasteiger charge is -2.41. The molecule has 0 saturated heterocycles. The fraction of sp³-hybridized carbons (Fsp3) is 0.500. The SMILES string of the molecule is NCCC1(Oc2ccc(F)c(Cl)c2)CCC1. The van der Waals surface area contributed by atoms with E-state index in [-0.39, 0.29) is 10.6 Å². The molecule has 1 aliphatic rings. The lowest BCUT2D eigenvalue weighted by atomic mass is 9.77. The fourth-order valence-electron chi connectivity index (χ4n) is 2.03. The van der Waals surface area contributed by atoms with Gasteiger partial charge in [0.2, 0.25) is 0 Å². The zero-order chi connectivity index (χ0) is 11.6. The number of ether oxygens (including phenoxy) is 1. The molecule has 16 heavy (non-hydrogen) atoms. The molecule has 1 fully saturated rings. The molecule has 0 aromatic heterocycles. The van der Waals surface area contributed by atoms with Crippen molar-refractivity contribution in [2.75, 3.05) is 6.54 Å². The van der Waals surface area contributed by atoms with Crippen LogP contribution in [0.1, 0.15) is 25.7 Å². The van der Waals surface area contributed by atoms with E-state index in [2.05, 4.69) is 0 Å². The molecule has 1 aliphatic carbocycles. The quantitative estimate of drug-likeness (QED) is 0.882. The minimum absolute atomic E-state index is 0.0970. The lowest BCUT2D eigenvalue weighted by molar-refractivity contribution is -0.0125. The number of rotatable bonds is 4. The number of benzene rings is 1. The van der Waals surface area contributed by atoms with E-state index in [9.17, 15) is 4.39 Å². The Morgan fingerprint density at radius 3 is 2.69 bits per heavy atom. The maximum absolute atomic E-state index is 13.0. The molecule has 0 unspecified atom stereocenters. The van der Waals surface area contributed by atoms with Gasteiger partial charge < -0.3 is 10.5 Å². The summed E-state index contributed by atoms with van der Waals surface area (Å²) in [6, 6.07) is 4.46. The van der Waals surface area contributed by atoms with Crippen LogP contribution in [0.2, 0.25) is 5.02 Å². The predicted octanol–water partition coefficient (Wildman–Crippen LogP) is 3.13. The summed E-state index contributed by atoms with van der Waals surface area (Å²) in [4.78, 5) is 0. The monoisotopic (exact) mass is 243 g/mol. The van der Waals surface area contributed by atoms with Gasteiger partial charge in [-0.25, -0.2) is 4.39 Å². The summed E-state index contributed by atoms with van der Waals surface area (Å²) in [6.07, 6.45) is 4.02. The van der Waals surface area contributed by atoms with Gasteiger partial charge in [0.25, 0.3) is 0 Å². The van der Waals surface area contributed by atoms with Gasteiger partial charge in [0.05, 0.1) is 5.02 Å². The molecule has 0 atom stereocenters. The maximum Gasteiger partial charge on any atom is 0.142 e. The second-order valence-electron chi connectivity index (χ2n) is 4.25. The van der Waals surface area contributed by atoms with Gasteiger partial charge in [-0.3, -0.25) is 0 Å². The molecular formula is C12H15ClFNO. The van der Waals surface area contributed by atoms with Gasteiger partial charge in [-0.2, -0.15) is 0 Å². The van der Waals surface area contributed by atoms with E-state index in [1.54, 1.807) is 6.07 Å². The van der Waals surface area contributed by atoms with Crippen LogP contribution in [0.25, 0.3) is 0 Å². The molecule has 0 amide bonds. The highest BCUT2D eigenvalue weighted by Gasteiger charge is 2.38. The summed E-state index contributed by atoms with van der Waals surface area (Å²) < 4.78 is 18.9. The van der Waals surface area contributed by atoms with Crippen LogP contribution in [0.15, 0.2) is 18.2 Å². The molecule has 0 heterocycles. The number of hydrogen-bond acceptors (Lipinski definition) is 2. The van der Waals surface area contributed by atoms with E-state index in [1.807, 2.05) is 0 Å². The first kappa shape index (κ1) is 11.7. The van der Waals surface area contributed by atoms with Crippen molar-refractivity contribution in [2.24, 2.45) is 5.73 Å². The summed E-state index contributed by atoms with van der Waals surface area (Å²) in [7, 11) is 0. The Labute approximate surface area is 99.5 Å². The Hall–Kier alpha value is -0.800. The number of nitrogens with two attached hydrogens (primary N) is 1. The molecule has 2 N–H and O–H groups in total. The van der Waals surface area contributed by atoms with E-state index in [1.165, 1.54) is 12.1 Å². The van der Waals surface area contributed by atoms with E-state index >= 15 is 0 Å². The molecule has 1 aromatic rings. The smallest absolute Gasteiger partial charge is 0.142 e. The van der Waals surface area contributed by atoms with Gasteiger partial charge in [-0.1, -0.05) is 11.6 Å². The highest BCUT2D eigenvalue weighted by molar-refractivity contribution is 6.30. The summed E-state index contributed by atoms with van der Waals surface area (Å²) in [5.74, 6) is 0.204. The molecule has 1 aromatic carbocycles. The summed E-state index contributed by atoms with van der Waals surface area (Å²) in [6.45, 7) is 0.606. The summed E-state index contributed by atoms with van der Waals surface area (Å²) in [5, 5.41) is 0.0970. The van der Waals surface area contributed by atoms with Crippen LogP contribution >= 0.6 is 11.6 Å². The second kappa shape index (κ2) is 4.60. The van der Waals surface area contributed by atoms with Crippen molar-refractivity contribution in [2.45, 2.75) is 31.3 Å². The van der Waals surface area contributed by atoms with Gasteiger partial charge in [0, 0.05) is 6.07 Å². The van der Waals surface area contributed by atoms with E-state index in [0.717, 1.165) is 25.7 Å². The van der Waals surface area contributed by atoms with Crippen molar-refractivity contribution in [1.82, 2.24) is 0 Å². The van der Waals surface area contributed by atoms with Crippen LogP contribution in [-0.2, 0) is 0 Å². The highest BCUT2D eigenvalue weighted by atomic mass is 35.5. The molecular weight excluding hydrogens is 229 g/mol. The van der Waals surface area contributed by atoms with Crippen molar-refractivity contribution >= 4 is 11.6 Å². The predicted molar refractivity (Wildman–Crippen MR) is 62.3 cm³/mol. The molecule has 0 aliphatic heterocycles. The van der Waals surface area contributed by atoms with Crippen molar-refractivity contribution in [3.8, 4) is 5.75 Å². The van der Waals surface area contributed by atoms with Crippen LogP contribution in [0.4, 0.5) is 4.39 Å². The topological polar surface area (TPSA) is 35.2 Å². The van der Waals surface area contributed by atoms with Crippen LogP contribution in [0.3, 0.4) is 0 Å². The molecule has 2 rings (SSSR count). The molecule has 88 valence electrons. The van der Waals surface area contributed by atoms with E-state index in [0.29, 0.717) is 12.3 Å². The first-order chi connectivity index (χ1) is 7.65. The molecule has 2 nitrogen and oxygen atoms in total. The van der Waals surface area contributed by atoms with Crippen LogP contribution in [-0.4, -0.2) is 12.1 Å². The average Bonchev–Trinajstić information content (AvgIpc) is 2.20. The third-order valence-electron chi connectivity index (χ3n) is 3.09. The minimum atomic E-state index is -0.421. The van der Waals surface area contributed by atoms with Gasteiger partial charge in [0.1, 0.15) is 17.2 Å². The first-order valence-corrected chi connectivity index (χ1v) is 5.87. The van der Waals surface area contributed by atoms with Crippen molar-refractivity contribution in [1.29, 1.82) is 0 Å². The average molecular weight is 244 g/mol. The molecule has 0 bridgehead atoms. The Kier molecular flexibility index (Phi) is 3.36. The number of halogens is 2. The second-order valence-corrected chi connectivity index (χ2v) is 4.66. The van der Waals surface area contributed by atoms with Gasteiger partial charge in [-0.05, 0) is 44.4 Å². The van der Waals surface area contributed by atoms with E-state index in [4.69, 9.17) is 22.1 Å². The molecule has 0 spiro atoms. The Morgan fingerprint density at radius 2 is 2.19 bits per heavy atom. The zero-order valence-electron chi connectivity index (χ0n) is 9.01. The van der Waals surface area contributed by atoms with Gasteiger partial charge in [0.15, 0.2) is 0 Å². The van der Waals surface area contributed by atoms with Crippen LogP contribution in [0.5, 0.6) is 5.75 Å². The van der Waals surface area contributed by atoms with Crippen molar-refractivity contribution < 1.29 is 9.13 Å². The third-order valence-corrected chi connectivity index (χ3v) is 3.38. The molecule has 1 saturated carbocycles. The van der Waals surface area contributed by atoms with E-state index < -0.39 is 5.82 Å². The summed E-state index contributed by atoms with van der Waals surface area (Å²) >= 11 is 5.70. The van der Waals surface area contributed by atoms with Crippen molar-refractivity contribution in [3.05, 3.63) is 29.0 Å². The van der Waals surface area contributed by atoms with Gasteiger partial charge in [-0.15, -0.1) is 0 Å². The molecule has 0 radical (unpaired) electrons. The van der Waals surface area contributed by atoms with Gasteiger partial charge >= 0.3 is 0 Å². The lowest BCUT2D eigenvalue weighted by Crippen LogP contribution is -2.44. The van der Waals surface area contributed by atoms with Crippen LogP contribution < -0.4 is 10.5 Å². The first-order valence-electron chi connectivity index (χ1n) is 5.49. The van der Waals surface area contributed by atoms with Crippen molar-refractivity contribution in [3.63, 3.8) is 0 Å². The Morgan fingerprint density at radius 1 is 1.44 bits per heavy atom. The molecule has 4 heteroatoms. The fourth-order valence-corrected chi connectivity index (χ4v) is 2.20. The highest BCUT2D eigenvalue weighted by Crippen LogP contribution is 2.39. The number of hydrogen-bond donors (Lipinski definition) is 1. The third kappa shape index (κ3) is 2.30. The largest absolute Gasteiger partial charge is 0.487 e. The van der Waals surface area contributed by atoms with Crippen LogP contribution in [0, 0.1) is 5.82 Å². The standard InChI is InChI=1S/C12H15ClFNO/c13-10-8-9(2-3-11(10)14)16-12(6-7-15)4-1-5-12/h2-3,8H,1,4-7,15H2. The summed E-state index contributed by atoms with van der Waals surface area (Å²) in [5.41, 5.74) is 5.42.